The lowest BCUT2D eigenvalue weighted by Gasteiger charge is -2.25. The lowest BCUT2D eigenvalue weighted by molar-refractivity contribution is 0.0947. The number of benzene rings is 1. The number of rotatable bonds is 8. The predicted molar refractivity (Wildman–Crippen MR) is 77.4 cm³/mol. The van der Waals surface area contributed by atoms with Gasteiger partial charge in [-0.3, -0.25) is 15.1 Å². The van der Waals surface area contributed by atoms with Crippen molar-refractivity contribution in [2.75, 3.05) is 26.3 Å². The average molecular weight is 281 g/mol. The third-order valence-electron chi connectivity index (χ3n) is 3.02. The monoisotopic (exact) mass is 281 g/mol. The number of carbonyl (C=O) groups is 1. The maximum absolute atomic E-state index is 11.6. The van der Waals surface area contributed by atoms with E-state index in [1.165, 1.54) is 0 Å². The molecule has 4 N–H and O–H groups in total. The first-order chi connectivity index (χ1) is 9.60. The Balaban J connectivity index is 2.59. The molecule has 0 saturated carbocycles. The molecule has 0 unspecified atom stereocenters. The van der Waals surface area contributed by atoms with Gasteiger partial charge in [-0.05, 0) is 26.0 Å². The fourth-order valence-corrected chi connectivity index (χ4v) is 1.89. The molecule has 0 atom stereocenters. The highest BCUT2D eigenvalue weighted by molar-refractivity contribution is 5.96. The van der Waals surface area contributed by atoms with Gasteiger partial charge in [0.05, 0.1) is 12.2 Å². The van der Waals surface area contributed by atoms with Crippen LogP contribution in [0.15, 0.2) is 24.3 Å². The molecule has 0 aromatic heterocycles. The molecule has 0 aliphatic heterocycles. The fourth-order valence-electron chi connectivity index (χ4n) is 1.89. The molecule has 0 saturated heterocycles. The second-order valence-corrected chi connectivity index (χ2v) is 4.67. The molecule has 6 heteroatoms. The first kappa shape index (κ1) is 16.4. The normalized spacial score (nSPS) is 10.9. The van der Waals surface area contributed by atoms with Gasteiger partial charge in [-0.15, -0.1) is 0 Å². The molecule has 0 aliphatic carbocycles. The van der Waals surface area contributed by atoms with E-state index in [1.807, 2.05) is 0 Å². The SMILES string of the molecule is CC(C)N(CCO)CCOc1ccccc1C(=O)NN. The minimum atomic E-state index is -0.378. The molecule has 0 bridgehead atoms. The third kappa shape index (κ3) is 4.80. The molecular weight excluding hydrogens is 258 g/mol. The Morgan fingerprint density at radius 2 is 2.10 bits per heavy atom. The van der Waals surface area contributed by atoms with Crippen LogP contribution in [0.3, 0.4) is 0 Å². The van der Waals surface area contributed by atoms with Gasteiger partial charge in [0.1, 0.15) is 12.4 Å². The maximum atomic E-state index is 11.6. The standard InChI is InChI=1S/C14H23N3O3/c1-11(2)17(7-9-18)8-10-20-13-6-4-3-5-12(13)14(19)16-15/h3-6,11,18H,7-10,15H2,1-2H3,(H,16,19). The molecule has 0 heterocycles. The van der Waals surface area contributed by atoms with E-state index in [0.717, 1.165) is 0 Å². The number of para-hydroxylation sites is 1. The van der Waals surface area contributed by atoms with Gasteiger partial charge in [0.2, 0.25) is 0 Å². The van der Waals surface area contributed by atoms with Crippen molar-refractivity contribution in [2.24, 2.45) is 5.84 Å². The second kappa shape index (κ2) is 8.52. The first-order valence-corrected chi connectivity index (χ1v) is 6.67. The Bertz CT molecular complexity index is 424. The van der Waals surface area contributed by atoms with Crippen molar-refractivity contribution in [1.82, 2.24) is 10.3 Å². The van der Waals surface area contributed by atoms with E-state index in [2.05, 4.69) is 24.2 Å². The van der Waals surface area contributed by atoms with Crippen LogP contribution in [0.5, 0.6) is 5.75 Å². The molecule has 112 valence electrons. The van der Waals surface area contributed by atoms with Crippen molar-refractivity contribution in [1.29, 1.82) is 0 Å². The van der Waals surface area contributed by atoms with E-state index in [9.17, 15) is 4.79 Å². The summed E-state index contributed by atoms with van der Waals surface area (Å²) in [5.41, 5.74) is 2.51. The Kier molecular flexibility index (Phi) is 7.00. The van der Waals surface area contributed by atoms with Crippen molar-refractivity contribution < 1.29 is 14.6 Å². The minimum absolute atomic E-state index is 0.115. The van der Waals surface area contributed by atoms with Gasteiger partial charge in [-0.25, -0.2) is 5.84 Å². The summed E-state index contributed by atoms with van der Waals surface area (Å²) in [4.78, 5) is 13.7. The predicted octanol–water partition coefficient (Wildman–Crippen LogP) is 0.372. The number of aliphatic hydroxyl groups excluding tert-OH is 1. The topological polar surface area (TPSA) is 87.8 Å². The van der Waals surface area contributed by atoms with E-state index in [4.69, 9.17) is 15.7 Å². The minimum Gasteiger partial charge on any atom is -0.491 e. The lowest BCUT2D eigenvalue weighted by Crippen LogP contribution is -2.37. The van der Waals surface area contributed by atoms with Gasteiger partial charge >= 0.3 is 0 Å². The molecular formula is C14H23N3O3. The lowest BCUT2D eigenvalue weighted by atomic mass is 10.2. The van der Waals surface area contributed by atoms with Crippen molar-refractivity contribution >= 4 is 5.91 Å². The highest BCUT2D eigenvalue weighted by Crippen LogP contribution is 2.17. The van der Waals surface area contributed by atoms with Crippen molar-refractivity contribution in [3.05, 3.63) is 29.8 Å². The zero-order valence-electron chi connectivity index (χ0n) is 12.0. The third-order valence-corrected chi connectivity index (χ3v) is 3.02. The maximum Gasteiger partial charge on any atom is 0.268 e. The quantitative estimate of drug-likeness (QED) is 0.364. The van der Waals surface area contributed by atoms with Crippen LogP contribution >= 0.6 is 0 Å². The van der Waals surface area contributed by atoms with Gasteiger partial charge in [-0.2, -0.15) is 0 Å². The molecule has 1 aromatic carbocycles. The Hall–Kier alpha value is -1.63. The molecule has 1 amide bonds. The molecule has 0 radical (unpaired) electrons. The number of hydrazine groups is 1. The smallest absolute Gasteiger partial charge is 0.268 e. The fraction of sp³-hybridized carbons (Fsp3) is 0.500. The van der Waals surface area contributed by atoms with Crippen LogP contribution in [0.25, 0.3) is 0 Å². The van der Waals surface area contributed by atoms with E-state index >= 15 is 0 Å². The van der Waals surface area contributed by atoms with Crippen molar-refractivity contribution in [3.8, 4) is 5.75 Å². The summed E-state index contributed by atoms with van der Waals surface area (Å²) in [7, 11) is 0. The molecule has 6 nitrogen and oxygen atoms in total. The van der Waals surface area contributed by atoms with Crippen LogP contribution in [0.1, 0.15) is 24.2 Å². The number of amides is 1. The Morgan fingerprint density at radius 3 is 2.70 bits per heavy atom. The zero-order valence-corrected chi connectivity index (χ0v) is 12.0. The number of carbonyl (C=O) groups excluding carboxylic acids is 1. The molecule has 0 fully saturated rings. The molecule has 20 heavy (non-hydrogen) atoms. The molecule has 0 aliphatic rings. The zero-order chi connectivity index (χ0) is 15.0. The summed E-state index contributed by atoms with van der Waals surface area (Å²) in [6, 6.07) is 7.27. The first-order valence-electron chi connectivity index (χ1n) is 6.67. The number of nitrogens with two attached hydrogens (primary N) is 1. The largest absolute Gasteiger partial charge is 0.491 e. The number of hydrogen-bond donors (Lipinski definition) is 3. The number of nitrogens with zero attached hydrogens (tertiary/aromatic N) is 1. The second-order valence-electron chi connectivity index (χ2n) is 4.67. The van der Waals surface area contributed by atoms with E-state index < -0.39 is 0 Å². The van der Waals surface area contributed by atoms with Crippen LogP contribution in [-0.4, -0.2) is 48.3 Å². The van der Waals surface area contributed by atoms with Crippen LogP contribution in [0.4, 0.5) is 0 Å². The van der Waals surface area contributed by atoms with Crippen molar-refractivity contribution in [2.45, 2.75) is 19.9 Å². The summed E-state index contributed by atoms with van der Waals surface area (Å²) in [6.07, 6.45) is 0. The number of ether oxygens (including phenoxy) is 1. The van der Waals surface area contributed by atoms with Crippen LogP contribution in [0, 0.1) is 0 Å². The molecule has 0 spiro atoms. The summed E-state index contributed by atoms with van der Waals surface area (Å²) in [6.45, 7) is 5.96. The Morgan fingerprint density at radius 1 is 1.40 bits per heavy atom. The number of aliphatic hydroxyl groups is 1. The van der Waals surface area contributed by atoms with Gasteiger partial charge < -0.3 is 9.84 Å². The average Bonchev–Trinajstić information content (AvgIpc) is 2.45. The number of hydrogen-bond acceptors (Lipinski definition) is 5. The number of nitrogen functional groups attached to an aromatic ring is 1. The summed E-state index contributed by atoms with van der Waals surface area (Å²) in [5, 5.41) is 9.00. The molecule has 1 rings (SSSR count). The summed E-state index contributed by atoms with van der Waals surface area (Å²) in [5.74, 6) is 5.26. The van der Waals surface area contributed by atoms with E-state index in [0.29, 0.717) is 37.1 Å². The van der Waals surface area contributed by atoms with Gasteiger partial charge in [0.15, 0.2) is 0 Å². The van der Waals surface area contributed by atoms with Crippen LogP contribution < -0.4 is 16.0 Å². The van der Waals surface area contributed by atoms with Crippen LogP contribution in [-0.2, 0) is 0 Å². The Labute approximate surface area is 119 Å². The summed E-state index contributed by atoms with van der Waals surface area (Å²) >= 11 is 0. The van der Waals surface area contributed by atoms with Crippen LogP contribution in [0.2, 0.25) is 0 Å². The van der Waals surface area contributed by atoms with Crippen molar-refractivity contribution in [3.63, 3.8) is 0 Å². The van der Waals surface area contributed by atoms with E-state index in [-0.39, 0.29) is 12.5 Å². The van der Waals surface area contributed by atoms with Gasteiger partial charge in [0.25, 0.3) is 5.91 Å². The molecule has 1 aromatic rings. The highest BCUT2D eigenvalue weighted by Gasteiger charge is 2.12. The number of nitrogens with one attached hydrogen (secondary N) is 1. The summed E-state index contributed by atoms with van der Waals surface area (Å²) < 4.78 is 5.65. The van der Waals surface area contributed by atoms with Gasteiger partial charge in [0, 0.05) is 19.1 Å². The van der Waals surface area contributed by atoms with Gasteiger partial charge in [-0.1, -0.05) is 12.1 Å². The highest BCUT2D eigenvalue weighted by atomic mass is 16.5. The van der Waals surface area contributed by atoms with E-state index in [1.54, 1.807) is 24.3 Å².